The van der Waals surface area contributed by atoms with Crippen LogP contribution in [0.1, 0.15) is 26.2 Å². The summed E-state index contributed by atoms with van der Waals surface area (Å²) in [5.41, 5.74) is 10.8. The Labute approximate surface area is 69.5 Å². The van der Waals surface area contributed by atoms with Gasteiger partial charge in [-0.25, -0.2) is 0 Å². The summed E-state index contributed by atoms with van der Waals surface area (Å²) in [6.07, 6.45) is 3.34. The van der Waals surface area contributed by atoms with Crippen molar-refractivity contribution in [2.45, 2.75) is 32.2 Å². The van der Waals surface area contributed by atoms with Crippen LogP contribution in [0.25, 0.3) is 0 Å². The lowest BCUT2D eigenvalue weighted by Crippen LogP contribution is -2.29. The van der Waals surface area contributed by atoms with Crippen LogP contribution in [-0.2, 0) is 0 Å². The third-order valence-corrected chi connectivity index (χ3v) is 1.72. The van der Waals surface area contributed by atoms with Crippen LogP contribution in [0.3, 0.4) is 0 Å². The second kappa shape index (κ2) is 7.98. The lowest BCUT2D eigenvalue weighted by molar-refractivity contribution is 0.506. The minimum atomic E-state index is 0.553. The first kappa shape index (κ1) is 10.9. The Morgan fingerprint density at radius 3 is 2.45 bits per heavy atom. The van der Waals surface area contributed by atoms with Crippen molar-refractivity contribution < 1.29 is 0 Å². The van der Waals surface area contributed by atoms with Crippen LogP contribution in [0, 0.1) is 0 Å². The topological polar surface area (TPSA) is 64.1 Å². The van der Waals surface area contributed by atoms with Crippen LogP contribution in [0.15, 0.2) is 0 Å². The highest BCUT2D eigenvalue weighted by atomic mass is 14.9. The van der Waals surface area contributed by atoms with Gasteiger partial charge in [-0.15, -0.1) is 0 Å². The number of hydrogen-bond donors (Lipinski definition) is 3. The molecule has 0 spiro atoms. The Kier molecular flexibility index (Phi) is 7.89. The molecule has 0 fully saturated rings. The summed E-state index contributed by atoms with van der Waals surface area (Å²) >= 11 is 0. The Balaban J connectivity index is 2.97. The highest BCUT2D eigenvalue weighted by Crippen LogP contribution is 1.89. The van der Waals surface area contributed by atoms with E-state index in [2.05, 4.69) is 12.2 Å². The van der Waals surface area contributed by atoms with Crippen molar-refractivity contribution in [1.82, 2.24) is 5.32 Å². The average molecular weight is 159 g/mol. The molecule has 5 N–H and O–H groups in total. The number of rotatable bonds is 7. The third kappa shape index (κ3) is 7.78. The van der Waals surface area contributed by atoms with Crippen molar-refractivity contribution in [3.8, 4) is 0 Å². The molecule has 0 saturated carbocycles. The van der Waals surface area contributed by atoms with E-state index in [1.807, 2.05) is 0 Å². The molecule has 0 unspecified atom stereocenters. The molecule has 0 amide bonds. The fraction of sp³-hybridized carbons (Fsp3) is 1.00. The fourth-order valence-electron chi connectivity index (χ4n) is 0.970. The van der Waals surface area contributed by atoms with E-state index in [-0.39, 0.29) is 0 Å². The Morgan fingerprint density at radius 2 is 1.91 bits per heavy atom. The maximum Gasteiger partial charge on any atom is 0.00507 e. The summed E-state index contributed by atoms with van der Waals surface area (Å²) in [5, 5.41) is 3.38. The zero-order valence-electron chi connectivity index (χ0n) is 7.47. The quantitative estimate of drug-likeness (QED) is 0.460. The van der Waals surface area contributed by atoms with Crippen LogP contribution in [0.2, 0.25) is 0 Å². The molecule has 0 aromatic heterocycles. The minimum absolute atomic E-state index is 0.553. The van der Waals surface area contributed by atoms with Gasteiger partial charge in [-0.1, -0.05) is 0 Å². The van der Waals surface area contributed by atoms with Gasteiger partial charge in [-0.05, 0) is 45.8 Å². The Morgan fingerprint density at radius 1 is 1.18 bits per heavy atom. The fourth-order valence-corrected chi connectivity index (χ4v) is 0.970. The van der Waals surface area contributed by atoms with E-state index in [4.69, 9.17) is 11.5 Å². The van der Waals surface area contributed by atoms with E-state index >= 15 is 0 Å². The molecule has 3 heteroatoms. The number of nitrogens with one attached hydrogen (secondary N) is 1. The van der Waals surface area contributed by atoms with Crippen LogP contribution in [-0.4, -0.2) is 25.7 Å². The maximum atomic E-state index is 5.40. The first-order valence-corrected chi connectivity index (χ1v) is 4.44. The highest BCUT2D eigenvalue weighted by molar-refractivity contribution is 4.60. The van der Waals surface area contributed by atoms with Gasteiger partial charge in [-0.3, -0.25) is 0 Å². The zero-order valence-corrected chi connectivity index (χ0v) is 7.47. The smallest absolute Gasteiger partial charge is 0.00507 e. The van der Waals surface area contributed by atoms with Gasteiger partial charge >= 0.3 is 0 Å². The standard InChI is InChI=1S/C8H21N3/c1-8(4-6-10)11-7-3-2-5-9/h8,11H,2-7,9-10H2,1H3/t8-/m0/s1. The predicted molar refractivity (Wildman–Crippen MR) is 49.4 cm³/mol. The first-order chi connectivity index (χ1) is 5.31. The molecule has 0 radical (unpaired) electrons. The van der Waals surface area contributed by atoms with Gasteiger partial charge in [0.1, 0.15) is 0 Å². The minimum Gasteiger partial charge on any atom is -0.330 e. The zero-order chi connectivity index (χ0) is 8.53. The van der Waals surface area contributed by atoms with Crippen molar-refractivity contribution in [3.05, 3.63) is 0 Å². The second-order valence-corrected chi connectivity index (χ2v) is 2.93. The monoisotopic (exact) mass is 159 g/mol. The summed E-state index contributed by atoms with van der Waals surface area (Å²) in [6.45, 7) is 4.80. The van der Waals surface area contributed by atoms with Crippen LogP contribution in [0.5, 0.6) is 0 Å². The van der Waals surface area contributed by atoms with E-state index in [0.29, 0.717) is 6.04 Å². The molecular formula is C8H21N3. The van der Waals surface area contributed by atoms with E-state index in [1.165, 1.54) is 6.42 Å². The normalized spacial score (nSPS) is 13.4. The van der Waals surface area contributed by atoms with Crippen molar-refractivity contribution >= 4 is 0 Å². The van der Waals surface area contributed by atoms with Gasteiger partial charge in [0.25, 0.3) is 0 Å². The molecule has 0 aromatic carbocycles. The lowest BCUT2D eigenvalue weighted by atomic mass is 10.2. The molecule has 0 aromatic rings. The Bertz CT molecular complexity index is 75.7. The van der Waals surface area contributed by atoms with Crippen LogP contribution < -0.4 is 16.8 Å². The van der Waals surface area contributed by atoms with Gasteiger partial charge in [0, 0.05) is 6.04 Å². The molecule has 68 valence electrons. The SMILES string of the molecule is C[C@@H](CCN)NCCCCN. The predicted octanol–water partition coefficient (Wildman–Crippen LogP) is 0.0522. The molecule has 0 aliphatic heterocycles. The average Bonchev–Trinajstić information content (AvgIpc) is 1.99. The highest BCUT2D eigenvalue weighted by Gasteiger charge is 1.97. The van der Waals surface area contributed by atoms with E-state index in [9.17, 15) is 0 Å². The summed E-state index contributed by atoms with van der Waals surface area (Å²) < 4.78 is 0. The van der Waals surface area contributed by atoms with Crippen molar-refractivity contribution in [2.24, 2.45) is 11.5 Å². The molecule has 3 nitrogen and oxygen atoms in total. The number of unbranched alkanes of at least 4 members (excludes halogenated alkanes) is 1. The largest absolute Gasteiger partial charge is 0.330 e. The lowest BCUT2D eigenvalue weighted by Gasteiger charge is -2.11. The van der Waals surface area contributed by atoms with Gasteiger partial charge in [0.05, 0.1) is 0 Å². The van der Waals surface area contributed by atoms with E-state index < -0.39 is 0 Å². The molecule has 0 aliphatic rings. The van der Waals surface area contributed by atoms with Crippen molar-refractivity contribution in [3.63, 3.8) is 0 Å². The summed E-state index contributed by atoms with van der Waals surface area (Å²) in [7, 11) is 0. The first-order valence-electron chi connectivity index (χ1n) is 4.44. The summed E-state index contributed by atoms with van der Waals surface area (Å²) in [6, 6.07) is 0.553. The van der Waals surface area contributed by atoms with Gasteiger partial charge < -0.3 is 16.8 Å². The molecule has 1 atom stereocenters. The van der Waals surface area contributed by atoms with E-state index in [0.717, 1.165) is 32.5 Å². The molecule has 11 heavy (non-hydrogen) atoms. The summed E-state index contributed by atoms with van der Waals surface area (Å²) in [4.78, 5) is 0. The molecule has 0 aliphatic carbocycles. The van der Waals surface area contributed by atoms with Crippen molar-refractivity contribution in [1.29, 1.82) is 0 Å². The number of hydrogen-bond acceptors (Lipinski definition) is 3. The Hall–Kier alpha value is -0.120. The van der Waals surface area contributed by atoms with E-state index in [1.54, 1.807) is 0 Å². The summed E-state index contributed by atoms with van der Waals surface area (Å²) in [5.74, 6) is 0. The molecule has 0 saturated heterocycles. The van der Waals surface area contributed by atoms with Gasteiger partial charge in [0.2, 0.25) is 0 Å². The van der Waals surface area contributed by atoms with Gasteiger partial charge in [0.15, 0.2) is 0 Å². The van der Waals surface area contributed by atoms with Crippen LogP contribution >= 0.6 is 0 Å². The second-order valence-electron chi connectivity index (χ2n) is 2.93. The maximum absolute atomic E-state index is 5.40. The molecule has 0 bridgehead atoms. The van der Waals surface area contributed by atoms with Crippen molar-refractivity contribution in [2.75, 3.05) is 19.6 Å². The molecule has 0 heterocycles. The van der Waals surface area contributed by atoms with Crippen LogP contribution in [0.4, 0.5) is 0 Å². The molecule has 0 rings (SSSR count). The third-order valence-electron chi connectivity index (χ3n) is 1.72. The number of nitrogens with two attached hydrogens (primary N) is 2. The molecular weight excluding hydrogens is 138 g/mol. The van der Waals surface area contributed by atoms with Gasteiger partial charge in [-0.2, -0.15) is 0 Å².